The highest BCUT2D eigenvalue weighted by molar-refractivity contribution is 6.06. The van der Waals surface area contributed by atoms with Crippen LogP contribution in [-0.2, 0) is 24.9 Å². The third kappa shape index (κ3) is 4.37. The van der Waals surface area contributed by atoms with Gasteiger partial charge in [0, 0.05) is 19.4 Å². The van der Waals surface area contributed by atoms with Crippen LogP contribution < -0.4 is 10.1 Å². The summed E-state index contributed by atoms with van der Waals surface area (Å²) in [5.41, 5.74) is 1.79. The SMILES string of the molecule is O=C1N[C@@]2(CCc3cc(OCCCC(F)(F)F)ccc32)Cc2nn(CCC3CC3)c(C(=O)O)c21. The van der Waals surface area contributed by atoms with Crippen LogP contribution in [0, 0.1) is 5.92 Å². The van der Waals surface area contributed by atoms with Gasteiger partial charge in [-0.2, -0.15) is 18.3 Å². The van der Waals surface area contributed by atoms with Gasteiger partial charge in [0.1, 0.15) is 5.75 Å². The number of alkyl halides is 3. The fraction of sp³-hybridized carbons (Fsp3) is 0.542. The molecule has 0 radical (unpaired) electrons. The molecule has 1 aromatic carbocycles. The molecule has 1 fully saturated rings. The third-order valence-electron chi connectivity index (χ3n) is 7.01. The number of carbonyl (C=O) groups excluding carboxylic acids is 1. The van der Waals surface area contributed by atoms with Gasteiger partial charge in [0.05, 0.1) is 23.4 Å². The van der Waals surface area contributed by atoms with E-state index in [1.54, 1.807) is 6.07 Å². The highest BCUT2D eigenvalue weighted by Gasteiger charge is 2.47. The molecule has 10 heteroatoms. The molecule has 1 aromatic heterocycles. The first-order valence-corrected chi connectivity index (χ1v) is 11.6. The zero-order valence-corrected chi connectivity index (χ0v) is 18.6. The molecule has 2 aliphatic carbocycles. The Balaban J connectivity index is 1.35. The first-order chi connectivity index (χ1) is 16.2. The van der Waals surface area contributed by atoms with Crippen LogP contribution in [0.2, 0.25) is 0 Å². The lowest BCUT2D eigenvalue weighted by Gasteiger charge is -2.35. The van der Waals surface area contributed by atoms with Crippen molar-refractivity contribution in [2.24, 2.45) is 5.92 Å². The van der Waals surface area contributed by atoms with E-state index < -0.39 is 30.0 Å². The number of carboxylic acid groups (broad SMARTS) is 1. The van der Waals surface area contributed by atoms with Gasteiger partial charge in [-0.3, -0.25) is 9.48 Å². The van der Waals surface area contributed by atoms with Crippen LogP contribution in [0.3, 0.4) is 0 Å². The Morgan fingerprint density at radius 1 is 1.32 bits per heavy atom. The van der Waals surface area contributed by atoms with Crippen molar-refractivity contribution in [3.8, 4) is 5.75 Å². The third-order valence-corrected chi connectivity index (χ3v) is 7.01. The summed E-state index contributed by atoms with van der Waals surface area (Å²) in [7, 11) is 0. The van der Waals surface area contributed by atoms with Crippen LogP contribution in [0.4, 0.5) is 13.2 Å². The van der Waals surface area contributed by atoms with Gasteiger partial charge < -0.3 is 15.2 Å². The Morgan fingerprint density at radius 3 is 2.82 bits per heavy atom. The largest absolute Gasteiger partial charge is 0.494 e. The number of benzene rings is 1. The molecule has 0 saturated heterocycles. The molecule has 34 heavy (non-hydrogen) atoms. The summed E-state index contributed by atoms with van der Waals surface area (Å²) >= 11 is 0. The van der Waals surface area contributed by atoms with E-state index in [9.17, 15) is 27.9 Å². The molecule has 2 aromatic rings. The van der Waals surface area contributed by atoms with Crippen molar-refractivity contribution in [2.75, 3.05) is 6.61 Å². The normalized spacial score (nSPS) is 21.3. The van der Waals surface area contributed by atoms with E-state index in [0.717, 1.165) is 30.4 Å². The molecule has 0 unspecified atom stereocenters. The maximum Gasteiger partial charge on any atom is 0.389 e. The number of amides is 1. The van der Waals surface area contributed by atoms with Crippen molar-refractivity contribution in [3.05, 3.63) is 46.3 Å². The van der Waals surface area contributed by atoms with Crippen LogP contribution in [-0.4, -0.2) is 39.5 Å². The molecular formula is C24H26F3N3O4. The first-order valence-electron chi connectivity index (χ1n) is 11.6. The van der Waals surface area contributed by atoms with Crippen molar-refractivity contribution >= 4 is 11.9 Å². The maximum absolute atomic E-state index is 13.1. The van der Waals surface area contributed by atoms with E-state index in [-0.39, 0.29) is 24.3 Å². The molecule has 7 nitrogen and oxygen atoms in total. The van der Waals surface area contributed by atoms with Crippen LogP contribution in [0.5, 0.6) is 5.75 Å². The summed E-state index contributed by atoms with van der Waals surface area (Å²) < 4.78 is 43.9. The number of aromatic carboxylic acids is 1. The van der Waals surface area contributed by atoms with Gasteiger partial charge in [0.2, 0.25) is 0 Å². The van der Waals surface area contributed by atoms with Crippen LogP contribution in [0.15, 0.2) is 18.2 Å². The van der Waals surface area contributed by atoms with E-state index >= 15 is 0 Å². The summed E-state index contributed by atoms with van der Waals surface area (Å²) in [5.74, 6) is -0.487. The highest BCUT2D eigenvalue weighted by atomic mass is 19.4. The van der Waals surface area contributed by atoms with Gasteiger partial charge in [-0.15, -0.1) is 0 Å². The number of hydrogen-bond acceptors (Lipinski definition) is 4. The van der Waals surface area contributed by atoms with E-state index in [1.165, 1.54) is 4.68 Å². The summed E-state index contributed by atoms with van der Waals surface area (Å²) in [4.78, 5) is 25.1. The molecule has 2 heterocycles. The summed E-state index contributed by atoms with van der Waals surface area (Å²) in [6.45, 7) is 0.449. The number of fused-ring (bicyclic) bond motifs is 3. The fourth-order valence-electron chi connectivity index (χ4n) is 5.17. The van der Waals surface area contributed by atoms with Crippen LogP contribution in [0.1, 0.15) is 76.2 Å². The van der Waals surface area contributed by atoms with Crippen molar-refractivity contribution in [3.63, 3.8) is 0 Å². The summed E-state index contributed by atoms with van der Waals surface area (Å²) in [5, 5.41) is 17.4. The number of rotatable bonds is 8. The average Bonchev–Trinajstić information content (AvgIpc) is 3.43. The quantitative estimate of drug-likeness (QED) is 0.555. The molecular weight excluding hydrogens is 451 g/mol. The second kappa shape index (κ2) is 8.32. The Labute approximate surface area is 194 Å². The number of nitrogens with zero attached hydrogens (tertiary/aromatic N) is 2. The van der Waals surface area contributed by atoms with Gasteiger partial charge in [0.25, 0.3) is 5.91 Å². The maximum atomic E-state index is 13.1. The molecule has 0 bridgehead atoms. The number of halogens is 3. The Bertz CT molecular complexity index is 1140. The fourth-order valence-corrected chi connectivity index (χ4v) is 5.17. The lowest BCUT2D eigenvalue weighted by atomic mass is 9.82. The topological polar surface area (TPSA) is 93.5 Å². The van der Waals surface area contributed by atoms with Gasteiger partial charge >= 0.3 is 12.1 Å². The number of carboxylic acids is 1. The second-order valence-corrected chi connectivity index (χ2v) is 9.53. The number of aromatic nitrogens is 2. The summed E-state index contributed by atoms with van der Waals surface area (Å²) in [6, 6.07) is 5.36. The number of hydrogen-bond donors (Lipinski definition) is 2. The van der Waals surface area contributed by atoms with E-state index in [4.69, 9.17) is 4.74 Å². The number of nitrogens with one attached hydrogen (secondary N) is 1. The van der Waals surface area contributed by atoms with Crippen molar-refractivity contribution in [2.45, 2.75) is 69.6 Å². The Morgan fingerprint density at radius 2 is 2.12 bits per heavy atom. The van der Waals surface area contributed by atoms with E-state index in [2.05, 4.69) is 10.4 Å². The van der Waals surface area contributed by atoms with Crippen molar-refractivity contribution in [1.82, 2.24) is 15.1 Å². The molecule has 1 amide bonds. The monoisotopic (exact) mass is 477 g/mol. The second-order valence-electron chi connectivity index (χ2n) is 9.53. The smallest absolute Gasteiger partial charge is 0.389 e. The number of carbonyl (C=O) groups is 2. The molecule has 1 saturated carbocycles. The van der Waals surface area contributed by atoms with Crippen LogP contribution >= 0.6 is 0 Å². The van der Waals surface area contributed by atoms with E-state index in [0.29, 0.717) is 43.2 Å². The molecule has 1 spiro atoms. The van der Waals surface area contributed by atoms with Crippen molar-refractivity contribution in [1.29, 1.82) is 0 Å². The standard InChI is InChI=1S/C24H26F3N3O4/c25-24(26,27)8-1-11-34-16-4-5-17-15(12-16)6-9-23(17)13-18-19(21(31)28-23)20(22(32)33)30(29-18)10-7-14-2-3-14/h4-5,12,14H,1-3,6-11,13H2,(H,28,31)(H,32,33)/t23-/m0/s1. The molecule has 1 aliphatic heterocycles. The van der Waals surface area contributed by atoms with Gasteiger partial charge in [-0.25, -0.2) is 4.79 Å². The lowest BCUT2D eigenvalue weighted by Crippen LogP contribution is -2.50. The highest BCUT2D eigenvalue weighted by Crippen LogP contribution is 2.44. The molecule has 1 atom stereocenters. The minimum Gasteiger partial charge on any atom is -0.494 e. The molecule has 182 valence electrons. The van der Waals surface area contributed by atoms with Gasteiger partial charge in [-0.1, -0.05) is 18.9 Å². The minimum absolute atomic E-state index is 0.0280. The number of aryl methyl sites for hydroxylation is 2. The van der Waals surface area contributed by atoms with E-state index in [1.807, 2.05) is 12.1 Å². The molecule has 2 N–H and O–H groups in total. The zero-order chi connectivity index (χ0) is 24.1. The Kier molecular flexibility index (Phi) is 5.56. The van der Waals surface area contributed by atoms with Gasteiger partial charge in [-0.05, 0) is 54.9 Å². The summed E-state index contributed by atoms with van der Waals surface area (Å²) in [6.07, 6.45) is -0.362. The lowest BCUT2D eigenvalue weighted by molar-refractivity contribution is -0.136. The zero-order valence-electron chi connectivity index (χ0n) is 18.6. The van der Waals surface area contributed by atoms with Crippen molar-refractivity contribution < 1.29 is 32.6 Å². The molecule has 3 aliphatic rings. The predicted octanol–water partition coefficient (Wildman–Crippen LogP) is 4.23. The first kappa shape index (κ1) is 22.7. The average molecular weight is 477 g/mol. The van der Waals surface area contributed by atoms with Gasteiger partial charge in [0.15, 0.2) is 5.69 Å². The number of ether oxygens (including phenoxy) is 1. The Hall–Kier alpha value is -3.04. The van der Waals surface area contributed by atoms with Crippen LogP contribution in [0.25, 0.3) is 0 Å². The minimum atomic E-state index is -4.20. The molecule has 5 rings (SSSR count). The predicted molar refractivity (Wildman–Crippen MR) is 115 cm³/mol.